The lowest BCUT2D eigenvalue weighted by atomic mass is 10.1. The molecule has 0 bridgehead atoms. The van der Waals surface area contributed by atoms with Crippen LogP contribution in [-0.4, -0.2) is 21.7 Å². The molecule has 1 unspecified atom stereocenters. The number of nitrogens with zero attached hydrogens (tertiary/aromatic N) is 3. The van der Waals surface area contributed by atoms with Crippen LogP contribution in [0.3, 0.4) is 0 Å². The maximum atomic E-state index is 5.71. The fourth-order valence-corrected chi connectivity index (χ4v) is 3.11. The zero-order valence-electron chi connectivity index (χ0n) is 12.2. The Bertz CT molecular complexity index is 735. The van der Waals surface area contributed by atoms with Gasteiger partial charge in [0.05, 0.1) is 4.70 Å². The van der Waals surface area contributed by atoms with Crippen LogP contribution in [0.5, 0.6) is 0 Å². The van der Waals surface area contributed by atoms with Crippen LogP contribution in [0.25, 0.3) is 21.7 Å². The van der Waals surface area contributed by atoms with E-state index in [0.717, 1.165) is 15.8 Å². The topological polar surface area (TPSA) is 61.0 Å². The maximum absolute atomic E-state index is 5.71. The van der Waals surface area contributed by atoms with Gasteiger partial charge in [-0.25, -0.2) is 4.98 Å². The molecule has 3 aromatic rings. The van der Waals surface area contributed by atoms with E-state index in [1.165, 1.54) is 0 Å². The first-order valence-electron chi connectivity index (χ1n) is 6.98. The molecule has 3 aromatic heterocycles. The van der Waals surface area contributed by atoms with Crippen molar-refractivity contribution < 1.29 is 9.26 Å². The van der Waals surface area contributed by atoms with E-state index in [4.69, 9.17) is 9.26 Å². The predicted molar refractivity (Wildman–Crippen MR) is 82.1 cm³/mol. The molecular weight excluding hydrogens is 286 g/mol. The number of fused-ring (bicyclic) bond motifs is 1. The van der Waals surface area contributed by atoms with Gasteiger partial charge >= 0.3 is 0 Å². The van der Waals surface area contributed by atoms with Gasteiger partial charge in [-0.05, 0) is 35.7 Å². The van der Waals surface area contributed by atoms with Crippen molar-refractivity contribution >= 4 is 21.4 Å². The Labute approximate surface area is 127 Å². The Kier molecular flexibility index (Phi) is 3.98. The number of ether oxygens (including phenoxy) is 1. The Balaban J connectivity index is 1.99. The third-order valence-corrected chi connectivity index (χ3v) is 4.16. The van der Waals surface area contributed by atoms with Crippen LogP contribution in [0.2, 0.25) is 0 Å². The largest absolute Gasteiger partial charge is 0.370 e. The van der Waals surface area contributed by atoms with Gasteiger partial charge in [-0.3, -0.25) is 0 Å². The average molecular weight is 303 g/mol. The molecule has 110 valence electrons. The van der Waals surface area contributed by atoms with E-state index < -0.39 is 0 Å². The van der Waals surface area contributed by atoms with Gasteiger partial charge in [0.1, 0.15) is 11.8 Å². The third-order valence-electron chi connectivity index (χ3n) is 3.22. The summed E-state index contributed by atoms with van der Waals surface area (Å²) in [6, 6.07) is 4.03. The molecule has 0 saturated heterocycles. The molecule has 0 fully saturated rings. The number of hydrogen-bond donors (Lipinski definition) is 0. The highest BCUT2D eigenvalue weighted by Gasteiger charge is 2.23. The van der Waals surface area contributed by atoms with Gasteiger partial charge in [0, 0.05) is 12.8 Å². The summed E-state index contributed by atoms with van der Waals surface area (Å²) < 4.78 is 12.2. The molecule has 0 spiro atoms. The van der Waals surface area contributed by atoms with Gasteiger partial charge in [0.15, 0.2) is 0 Å². The number of pyridine rings is 1. The smallest absolute Gasteiger partial charge is 0.278 e. The summed E-state index contributed by atoms with van der Waals surface area (Å²) in [6.07, 6.45) is 1.60. The van der Waals surface area contributed by atoms with Crippen molar-refractivity contribution in [1.29, 1.82) is 0 Å². The van der Waals surface area contributed by atoms with Gasteiger partial charge in [0.25, 0.3) is 5.89 Å². The number of hydrogen-bond acceptors (Lipinski definition) is 6. The lowest BCUT2D eigenvalue weighted by molar-refractivity contribution is 0.0217. The predicted octanol–water partition coefficient (Wildman–Crippen LogP) is 4.08. The molecule has 0 amide bonds. The van der Waals surface area contributed by atoms with E-state index in [2.05, 4.69) is 35.0 Å². The second-order valence-corrected chi connectivity index (χ2v) is 5.99. The molecule has 0 saturated carbocycles. The normalized spacial score (nSPS) is 13.1. The summed E-state index contributed by atoms with van der Waals surface area (Å²) in [6.45, 7) is 6.74. The van der Waals surface area contributed by atoms with Crippen LogP contribution in [0, 0.1) is 5.92 Å². The molecular formula is C15H17N3O2S. The zero-order valence-corrected chi connectivity index (χ0v) is 13.1. The van der Waals surface area contributed by atoms with E-state index in [9.17, 15) is 0 Å². The first-order chi connectivity index (χ1) is 10.2. The first-order valence-corrected chi connectivity index (χ1v) is 7.86. The lowest BCUT2D eigenvalue weighted by Crippen LogP contribution is -2.12. The number of thiophene rings is 1. The highest BCUT2D eigenvalue weighted by molar-refractivity contribution is 7.17. The molecule has 0 aliphatic heterocycles. The van der Waals surface area contributed by atoms with Crippen molar-refractivity contribution in [1.82, 2.24) is 15.1 Å². The van der Waals surface area contributed by atoms with Gasteiger partial charge in [-0.15, -0.1) is 11.3 Å². The summed E-state index contributed by atoms with van der Waals surface area (Å²) in [4.78, 5) is 8.88. The van der Waals surface area contributed by atoms with Crippen LogP contribution in [-0.2, 0) is 4.74 Å². The van der Waals surface area contributed by atoms with Gasteiger partial charge < -0.3 is 9.26 Å². The molecule has 1 atom stereocenters. The van der Waals surface area contributed by atoms with Crippen LogP contribution in [0.15, 0.2) is 28.2 Å². The van der Waals surface area contributed by atoms with E-state index in [1.54, 1.807) is 17.5 Å². The second kappa shape index (κ2) is 5.91. The minimum absolute atomic E-state index is 0.157. The van der Waals surface area contributed by atoms with Crippen molar-refractivity contribution in [2.24, 2.45) is 5.92 Å². The monoisotopic (exact) mass is 303 g/mol. The molecule has 0 aliphatic carbocycles. The Morgan fingerprint density at radius 1 is 1.33 bits per heavy atom. The van der Waals surface area contributed by atoms with Crippen molar-refractivity contribution in [2.75, 3.05) is 6.61 Å². The lowest BCUT2D eigenvalue weighted by Gasteiger charge is -2.16. The summed E-state index contributed by atoms with van der Waals surface area (Å²) in [5, 5.41) is 7.24. The van der Waals surface area contributed by atoms with Gasteiger partial charge in [-0.1, -0.05) is 19.0 Å². The van der Waals surface area contributed by atoms with Crippen molar-refractivity contribution in [3.63, 3.8) is 0 Å². The van der Waals surface area contributed by atoms with Crippen molar-refractivity contribution in [3.05, 3.63) is 29.5 Å². The van der Waals surface area contributed by atoms with Crippen molar-refractivity contribution in [3.8, 4) is 11.6 Å². The van der Waals surface area contributed by atoms with E-state index >= 15 is 0 Å². The third kappa shape index (κ3) is 2.69. The van der Waals surface area contributed by atoms with Crippen molar-refractivity contribution in [2.45, 2.75) is 26.9 Å². The van der Waals surface area contributed by atoms with Crippen LogP contribution >= 0.6 is 11.3 Å². The minimum atomic E-state index is -0.157. The summed E-state index contributed by atoms with van der Waals surface area (Å²) in [7, 11) is 0. The van der Waals surface area contributed by atoms with E-state index in [1.807, 2.05) is 18.4 Å². The van der Waals surface area contributed by atoms with Gasteiger partial charge in [0.2, 0.25) is 5.82 Å². The van der Waals surface area contributed by atoms with Crippen LogP contribution < -0.4 is 0 Å². The highest BCUT2D eigenvalue weighted by atomic mass is 32.1. The molecule has 0 aromatic carbocycles. The maximum Gasteiger partial charge on any atom is 0.278 e. The molecule has 0 aliphatic rings. The number of aromatic nitrogens is 3. The molecule has 5 nitrogen and oxygen atoms in total. The molecule has 6 heteroatoms. The van der Waals surface area contributed by atoms with E-state index in [-0.39, 0.29) is 12.0 Å². The SMILES string of the molecule is CCOC(c1noc(-c2nccc3ccsc23)n1)C(C)C. The highest BCUT2D eigenvalue weighted by Crippen LogP contribution is 2.31. The average Bonchev–Trinajstić information content (AvgIpc) is 3.12. The molecule has 0 radical (unpaired) electrons. The zero-order chi connectivity index (χ0) is 14.8. The van der Waals surface area contributed by atoms with Crippen LogP contribution in [0.1, 0.15) is 32.7 Å². The quantitative estimate of drug-likeness (QED) is 0.710. The fourth-order valence-electron chi connectivity index (χ4n) is 2.24. The fraction of sp³-hybridized carbons (Fsp3) is 0.400. The van der Waals surface area contributed by atoms with Gasteiger partial charge in [-0.2, -0.15) is 4.98 Å². The Morgan fingerprint density at radius 2 is 2.19 bits per heavy atom. The second-order valence-electron chi connectivity index (χ2n) is 5.08. The standard InChI is InChI=1S/C15H17N3O2S/c1-4-19-12(9(2)3)14-17-15(20-18-14)11-13-10(5-7-16-11)6-8-21-13/h5-9,12H,4H2,1-3H3. The Hall–Kier alpha value is -1.79. The summed E-state index contributed by atoms with van der Waals surface area (Å²) >= 11 is 1.62. The summed E-state index contributed by atoms with van der Waals surface area (Å²) in [5.41, 5.74) is 0.736. The van der Waals surface area contributed by atoms with E-state index in [0.29, 0.717) is 18.3 Å². The molecule has 0 N–H and O–H groups in total. The molecule has 3 rings (SSSR count). The molecule has 3 heterocycles. The first kappa shape index (κ1) is 14.2. The van der Waals surface area contributed by atoms with Crippen LogP contribution in [0.4, 0.5) is 0 Å². The Morgan fingerprint density at radius 3 is 2.95 bits per heavy atom. The molecule has 21 heavy (non-hydrogen) atoms. The number of rotatable bonds is 5. The minimum Gasteiger partial charge on any atom is -0.370 e. The summed E-state index contributed by atoms with van der Waals surface area (Å²) in [5.74, 6) is 1.31.